The number of benzene rings is 2. The van der Waals surface area contributed by atoms with Crippen LogP contribution in [0.25, 0.3) is 6.08 Å². The third-order valence-corrected chi connectivity index (χ3v) is 5.46. The molecule has 1 aliphatic heterocycles. The number of halogens is 1. The molecule has 30 heavy (non-hydrogen) atoms. The maximum absolute atomic E-state index is 12.9. The number of hydrogen-bond donors (Lipinski definition) is 1. The molecule has 0 spiro atoms. The fraction of sp³-hybridized carbons (Fsp3) is 0.0455. The van der Waals surface area contributed by atoms with E-state index in [0.29, 0.717) is 21.6 Å². The van der Waals surface area contributed by atoms with Gasteiger partial charge < -0.3 is 4.42 Å². The number of carbonyl (C=O) groups is 3. The molecule has 4 rings (SSSR count). The van der Waals surface area contributed by atoms with Gasteiger partial charge in [0.2, 0.25) is 0 Å². The van der Waals surface area contributed by atoms with Crippen molar-refractivity contribution in [1.29, 1.82) is 0 Å². The number of hydrogen-bond acceptors (Lipinski definition) is 5. The highest BCUT2D eigenvalue weighted by molar-refractivity contribution is 7.99. The minimum atomic E-state index is -0.786. The molecule has 1 aliphatic rings. The molecule has 1 N–H and O–H groups in total. The van der Waals surface area contributed by atoms with Gasteiger partial charge in [-0.15, -0.1) is 0 Å². The summed E-state index contributed by atoms with van der Waals surface area (Å²) in [5.41, 5.74) is 1.08. The van der Waals surface area contributed by atoms with E-state index >= 15 is 0 Å². The van der Waals surface area contributed by atoms with E-state index in [9.17, 15) is 14.4 Å². The van der Waals surface area contributed by atoms with E-state index in [1.165, 1.54) is 17.8 Å². The van der Waals surface area contributed by atoms with Crippen LogP contribution in [0.3, 0.4) is 0 Å². The Morgan fingerprint density at radius 3 is 2.53 bits per heavy atom. The molecule has 1 fully saturated rings. The number of imide groups is 2. The van der Waals surface area contributed by atoms with Crippen LogP contribution in [0.15, 0.2) is 80.6 Å². The Morgan fingerprint density at radius 1 is 1.03 bits per heavy atom. The molecule has 2 heterocycles. The number of carbonyl (C=O) groups excluding carboxylic acids is 3. The molecule has 0 saturated carbocycles. The monoisotopic (exact) mass is 438 g/mol. The maximum atomic E-state index is 12.9. The molecule has 3 aromatic rings. The summed E-state index contributed by atoms with van der Waals surface area (Å²) >= 11 is 7.27. The molecule has 0 radical (unpaired) electrons. The van der Waals surface area contributed by atoms with E-state index in [1.54, 1.807) is 42.5 Å². The smallest absolute Gasteiger partial charge is 0.335 e. The number of urea groups is 1. The standard InChI is InChI=1S/C22H15ClN2O4S/c1-13-3-2-4-15(11-13)25-21(27)18(20(26)24-22(25)28)12-16-7-10-19(29-16)30-17-8-5-14(23)6-9-17/h2-12H,1H3,(H,24,26,28)/b18-12+. The van der Waals surface area contributed by atoms with Gasteiger partial charge in [0.25, 0.3) is 11.8 Å². The quantitative estimate of drug-likeness (QED) is 0.455. The van der Waals surface area contributed by atoms with Crippen LogP contribution in [0.4, 0.5) is 10.5 Å². The van der Waals surface area contributed by atoms with Gasteiger partial charge in [-0.2, -0.15) is 0 Å². The lowest BCUT2D eigenvalue weighted by Gasteiger charge is -2.26. The van der Waals surface area contributed by atoms with Crippen molar-refractivity contribution in [2.45, 2.75) is 16.9 Å². The predicted octanol–water partition coefficient (Wildman–Crippen LogP) is 5.06. The number of barbiturate groups is 1. The molecule has 4 amide bonds. The highest BCUT2D eigenvalue weighted by Gasteiger charge is 2.37. The van der Waals surface area contributed by atoms with E-state index in [2.05, 4.69) is 5.32 Å². The SMILES string of the molecule is Cc1cccc(N2C(=O)NC(=O)/C(=C\c3ccc(Sc4ccc(Cl)cc4)o3)C2=O)c1. The summed E-state index contributed by atoms with van der Waals surface area (Å²) in [5, 5.41) is 3.42. The summed E-state index contributed by atoms with van der Waals surface area (Å²) in [5.74, 6) is -1.15. The minimum absolute atomic E-state index is 0.187. The maximum Gasteiger partial charge on any atom is 0.335 e. The molecular formula is C22H15ClN2O4S. The van der Waals surface area contributed by atoms with Crippen LogP contribution in [0.1, 0.15) is 11.3 Å². The van der Waals surface area contributed by atoms with Gasteiger partial charge in [-0.25, -0.2) is 9.69 Å². The number of anilines is 1. The van der Waals surface area contributed by atoms with Gasteiger partial charge in [0.15, 0.2) is 5.09 Å². The van der Waals surface area contributed by atoms with Crippen molar-refractivity contribution >= 4 is 53.0 Å². The zero-order valence-corrected chi connectivity index (χ0v) is 17.3. The molecule has 1 aromatic heterocycles. The molecule has 8 heteroatoms. The average Bonchev–Trinajstić information content (AvgIpc) is 3.14. The molecule has 6 nitrogen and oxygen atoms in total. The number of nitrogens with zero attached hydrogens (tertiary/aromatic N) is 1. The van der Waals surface area contributed by atoms with Crippen LogP contribution >= 0.6 is 23.4 Å². The normalized spacial score (nSPS) is 15.6. The second-order valence-corrected chi connectivity index (χ2v) is 8.02. The zero-order chi connectivity index (χ0) is 21.3. The van der Waals surface area contributed by atoms with Gasteiger partial charge in [-0.3, -0.25) is 14.9 Å². The highest BCUT2D eigenvalue weighted by Crippen LogP contribution is 2.31. The number of furan rings is 1. The second kappa shape index (κ2) is 8.22. The van der Waals surface area contributed by atoms with E-state index < -0.39 is 17.8 Å². The average molecular weight is 439 g/mol. The lowest BCUT2D eigenvalue weighted by Crippen LogP contribution is -2.54. The molecular weight excluding hydrogens is 424 g/mol. The largest absolute Gasteiger partial charge is 0.450 e. The Balaban J connectivity index is 1.60. The van der Waals surface area contributed by atoms with E-state index in [1.807, 2.05) is 25.1 Å². The Hall–Kier alpha value is -3.29. The summed E-state index contributed by atoms with van der Waals surface area (Å²) in [4.78, 5) is 39.3. The number of amides is 4. The van der Waals surface area contributed by atoms with Gasteiger partial charge in [0.05, 0.1) is 5.69 Å². The van der Waals surface area contributed by atoms with Gasteiger partial charge in [-0.1, -0.05) is 35.5 Å². The summed E-state index contributed by atoms with van der Waals surface area (Å²) in [6.07, 6.45) is 1.33. The molecule has 1 saturated heterocycles. The first-order chi connectivity index (χ1) is 14.4. The van der Waals surface area contributed by atoms with E-state index in [4.69, 9.17) is 16.0 Å². The van der Waals surface area contributed by atoms with Crippen LogP contribution < -0.4 is 10.2 Å². The Morgan fingerprint density at radius 2 is 1.80 bits per heavy atom. The molecule has 2 aromatic carbocycles. The van der Waals surface area contributed by atoms with Crippen molar-refractivity contribution in [3.63, 3.8) is 0 Å². The molecule has 150 valence electrons. The number of rotatable bonds is 4. The van der Waals surface area contributed by atoms with E-state index in [0.717, 1.165) is 15.4 Å². The Labute approximate surface area is 181 Å². The first-order valence-electron chi connectivity index (χ1n) is 8.92. The van der Waals surface area contributed by atoms with Crippen molar-refractivity contribution in [2.75, 3.05) is 4.90 Å². The van der Waals surface area contributed by atoms with Gasteiger partial charge in [0, 0.05) is 9.92 Å². The molecule has 0 aliphatic carbocycles. The van der Waals surface area contributed by atoms with Gasteiger partial charge in [-0.05, 0) is 67.1 Å². The van der Waals surface area contributed by atoms with Gasteiger partial charge >= 0.3 is 6.03 Å². The summed E-state index contributed by atoms with van der Waals surface area (Å²) in [6.45, 7) is 1.85. The molecule has 0 unspecified atom stereocenters. The van der Waals surface area contributed by atoms with Gasteiger partial charge in [0.1, 0.15) is 11.3 Å². The van der Waals surface area contributed by atoms with Crippen LogP contribution in [-0.4, -0.2) is 17.8 Å². The minimum Gasteiger partial charge on any atom is -0.450 e. The summed E-state index contributed by atoms with van der Waals surface area (Å²) in [7, 11) is 0. The topological polar surface area (TPSA) is 79.6 Å². The molecule has 0 atom stereocenters. The van der Waals surface area contributed by atoms with Crippen LogP contribution in [0, 0.1) is 6.92 Å². The number of aryl methyl sites for hydroxylation is 1. The third-order valence-electron chi connectivity index (χ3n) is 4.28. The third kappa shape index (κ3) is 4.17. The Kier molecular flexibility index (Phi) is 5.48. The van der Waals surface area contributed by atoms with Crippen molar-refractivity contribution < 1.29 is 18.8 Å². The first kappa shape index (κ1) is 20.0. The van der Waals surface area contributed by atoms with Crippen molar-refractivity contribution in [3.05, 3.63) is 82.6 Å². The fourth-order valence-corrected chi connectivity index (χ4v) is 3.79. The lowest BCUT2D eigenvalue weighted by molar-refractivity contribution is -0.122. The van der Waals surface area contributed by atoms with E-state index in [-0.39, 0.29) is 5.57 Å². The van der Waals surface area contributed by atoms with Crippen LogP contribution in [0.2, 0.25) is 5.02 Å². The van der Waals surface area contributed by atoms with Crippen molar-refractivity contribution in [3.8, 4) is 0 Å². The lowest BCUT2D eigenvalue weighted by atomic mass is 10.1. The Bertz CT molecular complexity index is 1180. The van der Waals surface area contributed by atoms with Crippen LogP contribution in [0.5, 0.6) is 0 Å². The number of nitrogens with one attached hydrogen (secondary N) is 1. The highest BCUT2D eigenvalue weighted by atomic mass is 35.5. The first-order valence-corrected chi connectivity index (χ1v) is 10.1. The van der Waals surface area contributed by atoms with Crippen molar-refractivity contribution in [2.24, 2.45) is 0 Å². The van der Waals surface area contributed by atoms with Crippen molar-refractivity contribution in [1.82, 2.24) is 5.32 Å². The predicted molar refractivity (Wildman–Crippen MR) is 114 cm³/mol. The molecule has 0 bridgehead atoms. The summed E-state index contributed by atoms with van der Waals surface area (Å²) < 4.78 is 5.72. The summed E-state index contributed by atoms with van der Waals surface area (Å²) in [6, 6.07) is 16.8. The van der Waals surface area contributed by atoms with Crippen LogP contribution in [-0.2, 0) is 9.59 Å². The fourth-order valence-electron chi connectivity index (χ4n) is 2.89. The zero-order valence-electron chi connectivity index (χ0n) is 15.7. The second-order valence-electron chi connectivity index (χ2n) is 6.51.